The molecule has 0 aromatic heterocycles. The fourth-order valence-corrected chi connectivity index (χ4v) is 2.46. The lowest BCUT2D eigenvalue weighted by atomic mass is 10.1. The van der Waals surface area contributed by atoms with Gasteiger partial charge in [-0.05, 0) is 48.7 Å². The number of amides is 1. The van der Waals surface area contributed by atoms with Crippen LogP contribution in [0.4, 0.5) is 0 Å². The van der Waals surface area contributed by atoms with Crippen molar-refractivity contribution in [3.05, 3.63) is 69.2 Å². The molecule has 0 radical (unpaired) electrons. The van der Waals surface area contributed by atoms with E-state index in [-0.39, 0.29) is 5.91 Å². The molecule has 20 heavy (non-hydrogen) atoms. The molecule has 0 aliphatic rings. The molecule has 0 atom stereocenters. The fraction of sp³-hybridized carbons (Fsp3) is 0.235. The molecular weight excluding hydrogens is 314 g/mol. The Morgan fingerprint density at radius 3 is 2.45 bits per heavy atom. The van der Waals surface area contributed by atoms with Crippen molar-refractivity contribution in [1.82, 2.24) is 4.90 Å². The highest BCUT2D eigenvalue weighted by atomic mass is 79.9. The van der Waals surface area contributed by atoms with Crippen LogP contribution in [0, 0.1) is 13.8 Å². The normalized spacial score (nSPS) is 10.4. The summed E-state index contributed by atoms with van der Waals surface area (Å²) in [6.45, 7) is 4.67. The molecule has 2 nitrogen and oxygen atoms in total. The third-order valence-electron chi connectivity index (χ3n) is 3.47. The lowest BCUT2D eigenvalue weighted by Gasteiger charge is -2.18. The van der Waals surface area contributed by atoms with E-state index < -0.39 is 0 Å². The first-order valence-electron chi connectivity index (χ1n) is 6.55. The van der Waals surface area contributed by atoms with Gasteiger partial charge in [-0.1, -0.05) is 40.2 Å². The van der Waals surface area contributed by atoms with Crippen molar-refractivity contribution in [1.29, 1.82) is 0 Å². The van der Waals surface area contributed by atoms with Crippen LogP contribution in [0.25, 0.3) is 0 Å². The van der Waals surface area contributed by atoms with Gasteiger partial charge in [0.25, 0.3) is 5.91 Å². The van der Waals surface area contributed by atoms with Gasteiger partial charge in [0.15, 0.2) is 0 Å². The summed E-state index contributed by atoms with van der Waals surface area (Å²) in [7, 11) is 1.83. The summed E-state index contributed by atoms with van der Waals surface area (Å²) in [5.74, 6) is 0.0452. The Bertz CT molecular complexity index is 637. The van der Waals surface area contributed by atoms with E-state index in [2.05, 4.69) is 15.9 Å². The number of benzene rings is 2. The predicted molar refractivity (Wildman–Crippen MR) is 85.9 cm³/mol. The van der Waals surface area contributed by atoms with Crippen molar-refractivity contribution in [3.8, 4) is 0 Å². The number of carbonyl (C=O) groups excluding carboxylic acids is 1. The second kappa shape index (κ2) is 6.23. The first kappa shape index (κ1) is 14.8. The standard InChI is InChI=1S/C17H18BrNO/c1-12-8-9-14(10-13(12)2)17(20)19(3)11-15-6-4-5-7-16(15)18/h4-10H,11H2,1-3H3. The predicted octanol–water partition coefficient (Wildman–Crippen LogP) is 4.34. The van der Waals surface area contributed by atoms with E-state index in [0.29, 0.717) is 6.54 Å². The molecule has 2 rings (SSSR count). The van der Waals surface area contributed by atoms with E-state index in [1.165, 1.54) is 5.56 Å². The Kier molecular flexibility index (Phi) is 4.61. The first-order chi connectivity index (χ1) is 9.49. The SMILES string of the molecule is Cc1ccc(C(=O)N(C)Cc2ccccc2Br)cc1C. The van der Waals surface area contributed by atoms with Crippen LogP contribution in [0.15, 0.2) is 46.9 Å². The van der Waals surface area contributed by atoms with Gasteiger partial charge >= 0.3 is 0 Å². The maximum absolute atomic E-state index is 12.4. The van der Waals surface area contributed by atoms with Crippen LogP contribution >= 0.6 is 15.9 Å². The molecule has 104 valence electrons. The number of aryl methyl sites for hydroxylation is 2. The van der Waals surface area contributed by atoms with Crippen molar-refractivity contribution < 1.29 is 4.79 Å². The van der Waals surface area contributed by atoms with E-state index in [1.807, 2.05) is 63.4 Å². The maximum Gasteiger partial charge on any atom is 0.253 e. The topological polar surface area (TPSA) is 20.3 Å². The molecule has 1 amide bonds. The Morgan fingerprint density at radius 1 is 1.10 bits per heavy atom. The second-order valence-corrected chi connectivity index (χ2v) is 5.91. The summed E-state index contributed by atoms with van der Waals surface area (Å²) in [6.07, 6.45) is 0. The first-order valence-corrected chi connectivity index (χ1v) is 7.34. The van der Waals surface area contributed by atoms with Gasteiger partial charge in [-0.3, -0.25) is 4.79 Å². The van der Waals surface area contributed by atoms with Crippen LogP contribution in [0.1, 0.15) is 27.0 Å². The molecule has 2 aromatic carbocycles. The third-order valence-corrected chi connectivity index (χ3v) is 4.24. The quantitative estimate of drug-likeness (QED) is 0.819. The lowest BCUT2D eigenvalue weighted by Crippen LogP contribution is -2.26. The van der Waals surface area contributed by atoms with E-state index in [1.54, 1.807) is 4.90 Å². The van der Waals surface area contributed by atoms with Gasteiger partial charge in [-0.15, -0.1) is 0 Å². The van der Waals surface area contributed by atoms with Gasteiger partial charge in [0.1, 0.15) is 0 Å². The second-order valence-electron chi connectivity index (χ2n) is 5.05. The molecule has 2 aromatic rings. The number of hydrogen-bond donors (Lipinski definition) is 0. The molecular formula is C17H18BrNO. The number of rotatable bonds is 3. The van der Waals surface area contributed by atoms with Crippen molar-refractivity contribution in [2.24, 2.45) is 0 Å². The number of halogens is 1. The van der Waals surface area contributed by atoms with Gasteiger partial charge < -0.3 is 4.90 Å². The van der Waals surface area contributed by atoms with Gasteiger partial charge in [0, 0.05) is 23.6 Å². The minimum atomic E-state index is 0.0452. The highest BCUT2D eigenvalue weighted by molar-refractivity contribution is 9.10. The Labute approximate surface area is 128 Å². The maximum atomic E-state index is 12.4. The summed E-state index contributed by atoms with van der Waals surface area (Å²) < 4.78 is 1.03. The molecule has 0 bridgehead atoms. The third kappa shape index (κ3) is 3.28. The van der Waals surface area contributed by atoms with Gasteiger partial charge in [-0.25, -0.2) is 0 Å². The van der Waals surface area contributed by atoms with Crippen molar-refractivity contribution in [3.63, 3.8) is 0 Å². The van der Waals surface area contributed by atoms with Gasteiger partial charge in [0.05, 0.1) is 0 Å². The molecule has 0 aliphatic carbocycles. The molecule has 0 unspecified atom stereocenters. The van der Waals surface area contributed by atoms with Crippen LogP contribution < -0.4 is 0 Å². The smallest absolute Gasteiger partial charge is 0.253 e. The van der Waals surface area contributed by atoms with Gasteiger partial charge in [-0.2, -0.15) is 0 Å². The van der Waals surface area contributed by atoms with Crippen molar-refractivity contribution >= 4 is 21.8 Å². The van der Waals surface area contributed by atoms with Crippen LogP contribution in [-0.4, -0.2) is 17.9 Å². The Balaban J connectivity index is 2.16. The largest absolute Gasteiger partial charge is 0.337 e. The molecule has 3 heteroatoms. The summed E-state index contributed by atoms with van der Waals surface area (Å²) in [4.78, 5) is 14.2. The molecule has 0 heterocycles. The van der Waals surface area contributed by atoms with E-state index in [4.69, 9.17) is 0 Å². The summed E-state index contributed by atoms with van der Waals surface area (Å²) >= 11 is 3.51. The molecule has 0 saturated carbocycles. The minimum Gasteiger partial charge on any atom is -0.337 e. The zero-order valence-electron chi connectivity index (χ0n) is 12.0. The Morgan fingerprint density at radius 2 is 1.80 bits per heavy atom. The molecule has 0 aliphatic heterocycles. The van der Waals surface area contributed by atoms with Crippen molar-refractivity contribution in [2.45, 2.75) is 20.4 Å². The van der Waals surface area contributed by atoms with E-state index >= 15 is 0 Å². The number of carbonyl (C=O) groups is 1. The zero-order valence-corrected chi connectivity index (χ0v) is 13.6. The summed E-state index contributed by atoms with van der Waals surface area (Å²) in [5, 5.41) is 0. The minimum absolute atomic E-state index is 0.0452. The Hall–Kier alpha value is -1.61. The lowest BCUT2D eigenvalue weighted by molar-refractivity contribution is 0.0785. The molecule has 0 fully saturated rings. The van der Waals surface area contributed by atoms with E-state index in [0.717, 1.165) is 21.2 Å². The fourth-order valence-electron chi connectivity index (χ4n) is 2.05. The molecule has 0 N–H and O–H groups in total. The van der Waals surface area contributed by atoms with Crippen LogP contribution in [0.3, 0.4) is 0 Å². The highest BCUT2D eigenvalue weighted by Gasteiger charge is 2.13. The summed E-state index contributed by atoms with van der Waals surface area (Å²) in [5.41, 5.74) is 4.19. The number of nitrogens with zero attached hydrogens (tertiary/aromatic N) is 1. The number of hydrogen-bond acceptors (Lipinski definition) is 1. The summed E-state index contributed by atoms with van der Waals surface area (Å²) in [6, 6.07) is 13.8. The van der Waals surface area contributed by atoms with Gasteiger partial charge in [0.2, 0.25) is 0 Å². The van der Waals surface area contributed by atoms with Crippen LogP contribution in [-0.2, 0) is 6.54 Å². The average Bonchev–Trinajstić information content (AvgIpc) is 2.43. The molecule has 0 spiro atoms. The van der Waals surface area contributed by atoms with Crippen LogP contribution in [0.2, 0.25) is 0 Å². The molecule has 0 saturated heterocycles. The monoisotopic (exact) mass is 331 g/mol. The van der Waals surface area contributed by atoms with Crippen molar-refractivity contribution in [2.75, 3.05) is 7.05 Å². The highest BCUT2D eigenvalue weighted by Crippen LogP contribution is 2.19. The zero-order chi connectivity index (χ0) is 14.7. The average molecular weight is 332 g/mol. The van der Waals surface area contributed by atoms with Crippen LogP contribution in [0.5, 0.6) is 0 Å². The van der Waals surface area contributed by atoms with E-state index in [9.17, 15) is 4.79 Å².